The number of esters is 2. The Morgan fingerprint density at radius 2 is 1.02 bits per heavy atom. The first-order valence-electron chi connectivity index (χ1n) is 15.4. The van der Waals surface area contributed by atoms with Gasteiger partial charge in [-0.1, -0.05) is 35.3 Å². The third kappa shape index (κ3) is 10.3. The number of thioether (sulfide) groups is 2. The zero-order valence-corrected chi connectivity index (χ0v) is 31.2. The van der Waals surface area contributed by atoms with E-state index in [1.165, 1.54) is 13.8 Å². The largest absolute Gasteiger partial charge is 0.465 e. The molecule has 0 N–H and O–H groups in total. The van der Waals surface area contributed by atoms with Gasteiger partial charge in [-0.15, -0.1) is 23.5 Å². The highest BCUT2D eigenvalue weighted by molar-refractivity contribution is 8.00. The smallest absolute Gasteiger partial charge is 0.416 e. The average Bonchev–Trinajstić information content (AvgIpc) is 3.09. The molecule has 4 aromatic rings. The number of hydrogen-bond acceptors (Lipinski definition) is 11. The molecule has 0 aromatic heterocycles. The number of nitro groups is 2. The summed E-state index contributed by atoms with van der Waals surface area (Å²) in [6.45, 7) is 2.93. The first kappa shape index (κ1) is 43.0. The summed E-state index contributed by atoms with van der Waals surface area (Å²) in [6.07, 6.45) is -9.70. The monoisotopic (exact) mass is 852 g/mol. The molecule has 0 atom stereocenters. The van der Waals surface area contributed by atoms with Gasteiger partial charge in [0.1, 0.15) is 11.5 Å². The zero-order valence-electron chi connectivity index (χ0n) is 28.0. The fourth-order valence-corrected chi connectivity index (χ4v) is 7.47. The third-order valence-electron chi connectivity index (χ3n) is 7.22. The molecule has 292 valence electrons. The summed E-state index contributed by atoms with van der Waals surface area (Å²) in [5.74, 6) is -3.40. The Bertz CT molecular complexity index is 2000. The van der Waals surface area contributed by atoms with Gasteiger partial charge in [0.15, 0.2) is 0 Å². The van der Waals surface area contributed by atoms with Crippen LogP contribution >= 0.6 is 46.7 Å². The Balaban J connectivity index is 2.08. The topological polar surface area (TPSA) is 148 Å². The Labute approximate surface area is 325 Å². The van der Waals surface area contributed by atoms with Gasteiger partial charge in [-0.25, -0.2) is 0 Å². The molecule has 0 amide bonds. The highest BCUT2D eigenvalue weighted by Gasteiger charge is 2.35. The summed E-state index contributed by atoms with van der Waals surface area (Å²) in [5, 5.41) is 23.4. The van der Waals surface area contributed by atoms with Crippen molar-refractivity contribution in [3.63, 3.8) is 0 Å². The van der Waals surface area contributed by atoms with Gasteiger partial charge in [0.05, 0.1) is 55.5 Å². The summed E-state index contributed by atoms with van der Waals surface area (Å²) in [7, 11) is 0. The molecule has 4 aromatic carbocycles. The van der Waals surface area contributed by atoms with E-state index in [-0.39, 0.29) is 56.8 Å². The minimum absolute atomic E-state index is 0.0475. The van der Waals surface area contributed by atoms with Crippen LogP contribution in [0.5, 0.6) is 11.5 Å². The molecule has 0 bridgehead atoms. The molecule has 11 nitrogen and oxygen atoms in total. The van der Waals surface area contributed by atoms with Crippen molar-refractivity contribution in [2.45, 2.75) is 36.0 Å². The molecular formula is C34H24Cl2F6N2O9S2. The lowest BCUT2D eigenvalue weighted by molar-refractivity contribution is -0.387. The van der Waals surface area contributed by atoms with Gasteiger partial charge in [0, 0.05) is 44.4 Å². The predicted molar refractivity (Wildman–Crippen MR) is 192 cm³/mol. The van der Waals surface area contributed by atoms with Gasteiger partial charge in [-0.2, -0.15) is 26.3 Å². The number of alkyl halides is 6. The summed E-state index contributed by atoms with van der Waals surface area (Å²) >= 11 is 13.9. The molecule has 55 heavy (non-hydrogen) atoms. The number of carbonyl (C=O) groups is 2. The fraction of sp³-hybridized carbons (Fsp3) is 0.235. The highest BCUT2D eigenvalue weighted by Crippen LogP contribution is 2.52. The first-order valence-corrected chi connectivity index (χ1v) is 18.1. The molecule has 0 saturated heterocycles. The van der Waals surface area contributed by atoms with E-state index in [0.29, 0.717) is 47.8 Å². The molecule has 0 radical (unpaired) electrons. The first-order chi connectivity index (χ1) is 25.8. The van der Waals surface area contributed by atoms with Crippen molar-refractivity contribution < 1.29 is 60.0 Å². The van der Waals surface area contributed by atoms with Crippen LogP contribution in [0.1, 0.15) is 25.0 Å². The number of hydrogen-bond donors (Lipinski definition) is 0. The number of nitrogens with zero attached hydrogens (tertiary/aromatic N) is 2. The van der Waals surface area contributed by atoms with Crippen molar-refractivity contribution in [2.24, 2.45) is 0 Å². The van der Waals surface area contributed by atoms with E-state index < -0.39 is 78.2 Å². The molecule has 0 aliphatic carbocycles. The van der Waals surface area contributed by atoms with Crippen LogP contribution in [0.4, 0.5) is 37.7 Å². The lowest BCUT2D eigenvalue weighted by Crippen LogP contribution is -2.08. The number of rotatable bonds is 14. The van der Waals surface area contributed by atoms with E-state index in [2.05, 4.69) is 0 Å². The minimum Gasteiger partial charge on any atom is -0.465 e. The Kier molecular flexibility index (Phi) is 13.9. The van der Waals surface area contributed by atoms with Gasteiger partial charge >= 0.3 is 24.3 Å². The number of halogens is 8. The maximum absolute atomic E-state index is 13.6. The number of carbonyl (C=O) groups excluding carboxylic acids is 2. The lowest BCUT2D eigenvalue weighted by Gasteiger charge is -2.21. The van der Waals surface area contributed by atoms with E-state index in [1.807, 2.05) is 0 Å². The van der Waals surface area contributed by atoms with Crippen LogP contribution in [0.15, 0.2) is 70.5 Å². The van der Waals surface area contributed by atoms with Crippen LogP contribution in [-0.2, 0) is 31.4 Å². The normalized spacial score (nSPS) is 11.6. The molecule has 0 aliphatic rings. The number of nitro benzene ring substituents is 2. The SMILES string of the molecule is CCOC(=O)CSc1c([N+](=O)[O-])ccc(Oc2ccc([N+](=O)[O-])c(SCC(=O)OCC)c2-c2ccc(C(F)(F)F)cc2Cl)c1-c1ccc(C(F)(F)F)cc1Cl. The molecule has 21 heteroatoms. The van der Waals surface area contributed by atoms with Crippen molar-refractivity contribution in [3.8, 4) is 33.8 Å². The fourth-order valence-electron chi connectivity index (χ4n) is 4.94. The molecule has 0 saturated carbocycles. The molecule has 0 fully saturated rings. The van der Waals surface area contributed by atoms with Crippen LogP contribution in [0, 0.1) is 20.2 Å². The van der Waals surface area contributed by atoms with Crippen LogP contribution in [0.3, 0.4) is 0 Å². The summed E-state index contributed by atoms with van der Waals surface area (Å²) < 4.78 is 97.9. The second-order valence-electron chi connectivity index (χ2n) is 10.8. The third-order valence-corrected chi connectivity index (χ3v) is 10.0. The second-order valence-corrected chi connectivity index (χ2v) is 13.5. The summed E-state index contributed by atoms with van der Waals surface area (Å²) in [4.78, 5) is 47.0. The van der Waals surface area contributed by atoms with Crippen molar-refractivity contribution >= 4 is 70.0 Å². The second kappa shape index (κ2) is 17.8. The van der Waals surface area contributed by atoms with Crippen molar-refractivity contribution in [1.29, 1.82) is 0 Å². The van der Waals surface area contributed by atoms with Crippen molar-refractivity contribution in [1.82, 2.24) is 0 Å². The Morgan fingerprint density at radius 3 is 1.31 bits per heavy atom. The molecule has 0 heterocycles. The maximum Gasteiger partial charge on any atom is 0.416 e. The Hall–Kier alpha value is -4.72. The van der Waals surface area contributed by atoms with Gasteiger partial charge < -0.3 is 14.2 Å². The van der Waals surface area contributed by atoms with E-state index in [4.69, 9.17) is 37.4 Å². The van der Waals surface area contributed by atoms with Crippen molar-refractivity contribution in [2.75, 3.05) is 24.7 Å². The Morgan fingerprint density at radius 1 is 0.655 bits per heavy atom. The number of benzene rings is 4. The van der Waals surface area contributed by atoms with E-state index >= 15 is 0 Å². The van der Waals surface area contributed by atoms with E-state index in [9.17, 15) is 56.2 Å². The number of ether oxygens (including phenoxy) is 3. The average molecular weight is 854 g/mol. The highest BCUT2D eigenvalue weighted by atomic mass is 35.5. The molecular weight excluding hydrogens is 829 g/mol. The van der Waals surface area contributed by atoms with Crippen LogP contribution in [0.2, 0.25) is 10.0 Å². The van der Waals surface area contributed by atoms with Gasteiger partial charge in [0.2, 0.25) is 0 Å². The molecule has 0 unspecified atom stereocenters. The van der Waals surface area contributed by atoms with Crippen LogP contribution in [0.25, 0.3) is 22.3 Å². The quantitative estimate of drug-likeness (QED) is 0.0392. The standard InChI is InChI=1S/C34H24Cl2F6N2O9S2/c1-3-51-27(45)15-54-31-23(43(47)48)9-11-25(29(31)19-7-5-17(13-21(19)35)33(37,38)39)53-26-12-10-24(44(49)50)32(55-16-28(46)52-4-2)30(26)20-8-6-18(14-22(20)36)34(40,41)42/h5-14H,3-4,15-16H2,1-2H3. The van der Waals surface area contributed by atoms with Crippen molar-refractivity contribution in [3.05, 3.63) is 102 Å². The van der Waals surface area contributed by atoms with Crippen LogP contribution in [-0.4, -0.2) is 46.5 Å². The maximum atomic E-state index is 13.6. The predicted octanol–water partition coefficient (Wildman–Crippen LogP) is 11.3. The minimum atomic E-state index is -4.85. The molecule has 0 aliphatic heterocycles. The van der Waals surface area contributed by atoms with Gasteiger partial charge in [-0.3, -0.25) is 29.8 Å². The lowest BCUT2D eigenvalue weighted by atomic mass is 10.00. The molecule has 4 rings (SSSR count). The zero-order chi connectivity index (χ0) is 40.8. The van der Waals surface area contributed by atoms with Gasteiger partial charge in [-0.05, 0) is 50.2 Å². The van der Waals surface area contributed by atoms with Crippen LogP contribution < -0.4 is 4.74 Å². The summed E-state index contributed by atoms with van der Waals surface area (Å²) in [5.41, 5.74) is -4.70. The molecule has 0 spiro atoms. The van der Waals surface area contributed by atoms with Gasteiger partial charge in [0.25, 0.3) is 11.4 Å². The van der Waals surface area contributed by atoms with E-state index in [0.717, 1.165) is 36.4 Å². The van der Waals surface area contributed by atoms with E-state index in [1.54, 1.807) is 0 Å². The summed E-state index contributed by atoms with van der Waals surface area (Å²) in [6, 6.07) is 8.23.